The molecule has 0 aliphatic heterocycles. The maximum Gasteiger partial charge on any atom is 0.225 e. The zero-order valence-electron chi connectivity index (χ0n) is 12.5. The third kappa shape index (κ3) is 2.97. The number of nitrogens with one attached hydrogen (secondary N) is 1. The predicted octanol–water partition coefficient (Wildman–Crippen LogP) is 1.82. The molecule has 3 rings (SSSR count). The van der Waals surface area contributed by atoms with Crippen LogP contribution in [0.5, 0.6) is 0 Å². The van der Waals surface area contributed by atoms with Crippen LogP contribution in [0.4, 0.5) is 0 Å². The Morgan fingerprint density at radius 1 is 1.24 bits per heavy atom. The summed E-state index contributed by atoms with van der Waals surface area (Å²) < 4.78 is 5.09. The molecule has 2 saturated carbocycles. The van der Waals surface area contributed by atoms with E-state index in [0.717, 1.165) is 17.5 Å². The standard InChI is InChI=1S/C17H24N2O2/c1-21-10-12-4-2-11(3-5-12)9-19-17(20)15-13-6-7-14(8-13)16(15)18/h2-5,13-16H,6-10,18H2,1H3,(H,19,20). The zero-order chi connectivity index (χ0) is 14.8. The summed E-state index contributed by atoms with van der Waals surface area (Å²) in [6, 6.07) is 8.21. The van der Waals surface area contributed by atoms with E-state index in [4.69, 9.17) is 10.5 Å². The molecule has 2 aliphatic carbocycles. The van der Waals surface area contributed by atoms with Crippen molar-refractivity contribution in [1.82, 2.24) is 5.32 Å². The molecule has 4 heteroatoms. The van der Waals surface area contributed by atoms with Gasteiger partial charge in [0.25, 0.3) is 0 Å². The van der Waals surface area contributed by atoms with Gasteiger partial charge in [0.1, 0.15) is 0 Å². The Labute approximate surface area is 126 Å². The van der Waals surface area contributed by atoms with E-state index in [2.05, 4.69) is 5.32 Å². The van der Waals surface area contributed by atoms with Crippen molar-refractivity contribution < 1.29 is 9.53 Å². The molecule has 2 fully saturated rings. The molecule has 0 heterocycles. The Bertz CT molecular complexity index is 498. The number of methoxy groups -OCH3 is 1. The number of carbonyl (C=O) groups is 1. The minimum absolute atomic E-state index is 0.0246. The number of nitrogens with two attached hydrogens (primary N) is 1. The van der Waals surface area contributed by atoms with Crippen LogP contribution in [0.3, 0.4) is 0 Å². The lowest BCUT2D eigenvalue weighted by Crippen LogP contribution is -2.45. The van der Waals surface area contributed by atoms with Crippen molar-refractivity contribution in [2.24, 2.45) is 23.5 Å². The maximum absolute atomic E-state index is 12.4. The molecule has 1 aromatic rings. The van der Waals surface area contributed by atoms with Crippen molar-refractivity contribution in [3.05, 3.63) is 35.4 Å². The number of fused-ring (bicyclic) bond motifs is 2. The van der Waals surface area contributed by atoms with Crippen molar-refractivity contribution in [3.8, 4) is 0 Å². The molecule has 0 radical (unpaired) electrons. The van der Waals surface area contributed by atoms with Gasteiger partial charge in [0.2, 0.25) is 5.91 Å². The molecule has 0 aromatic heterocycles. The Balaban J connectivity index is 1.54. The largest absolute Gasteiger partial charge is 0.380 e. The fraction of sp³-hybridized carbons (Fsp3) is 0.588. The second-order valence-electron chi connectivity index (χ2n) is 6.40. The highest BCUT2D eigenvalue weighted by atomic mass is 16.5. The third-order valence-electron chi connectivity index (χ3n) is 5.08. The summed E-state index contributed by atoms with van der Waals surface area (Å²) in [4.78, 5) is 12.4. The SMILES string of the molecule is COCc1ccc(CNC(=O)C2C3CCC(C3)C2N)cc1. The molecule has 21 heavy (non-hydrogen) atoms. The van der Waals surface area contributed by atoms with E-state index in [1.807, 2.05) is 24.3 Å². The lowest BCUT2D eigenvalue weighted by Gasteiger charge is -2.27. The van der Waals surface area contributed by atoms with E-state index in [0.29, 0.717) is 25.0 Å². The number of hydrogen-bond donors (Lipinski definition) is 2. The van der Waals surface area contributed by atoms with Crippen molar-refractivity contribution in [3.63, 3.8) is 0 Å². The van der Waals surface area contributed by atoms with Gasteiger partial charge in [0.15, 0.2) is 0 Å². The van der Waals surface area contributed by atoms with Crippen LogP contribution in [0.15, 0.2) is 24.3 Å². The van der Waals surface area contributed by atoms with Crippen molar-refractivity contribution in [1.29, 1.82) is 0 Å². The minimum Gasteiger partial charge on any atom is -0.380 e. The fourth-order valence-corrected chi connectivity index (χ4v) is 3.95. The van der Waals surface area contributed by atoms with Crippen LogP contribution < -0.4 is 11.1 Å². The quantitative estimate of drug-likeness (QED) is 0.868. The van der Waals surface area contributed by atoms with Gasteiger partial charge < -0.3 is 15.8 Å². The van der Waals surface area contributed by atoms with Crippen molar-refractivity contribution >= 4 is 5.91 Å². The van der Waals surface area contributed by atoms with Gasteiger partial charge in [0.05, 0.1) is 12.5 Å². The number of amides is 1. The van der Waals surface area contributed by atoms with Gasteiger partial charge in [0, 0.05) is 19.7 Å². The first-order valence-corrected chi connectivity index (χ1v) is 7.79. The Morgan fingerprint density at radius 3 is 2.52 bits per heavy atom. The van der Waals surface area contributed by atoms with E-state index < -0.39 is 0 Å². The Kier molecular flexibility index (Phi) is 4.27. The van der Waals surface area contributed by atoms with Crippen LogP contribution in [0.2, 0.25) is 0 Å². The van der Waals surface area contributed by atoms with Crippen molar-refractivity contribution in [2.45, 2.75) is 38.5 Å². The average Bonchev–Trinajstić information content (AvgIpc) is 3.07. The van der Waals surface area contributed by atoms with Crippen molar-refractivity contribution in [2.75, 3.05) is 7.11 Å². The summed E-state index contributed by atoms with van der Waals surface area (Å²) in [6.45, 7) is 1.19. The van der Waals surface area contributed by atoms with Gasteiger partial charge in [-0.3, -0.25) is 4.79 Å². The number of carbonyl (C=O) groups excluding carboxylic acids is 1. The lowest BCUT2D eigenvalue weighted by atomic mass is 9.84. The summed E-state index contributed by atoms with van der Waals surface area (Å²) in [6.07, 6.45) is 3.52. The summed E-state index contributed by atoms with van der Waals surface area (Å²) in [5.41, 5.74) is 8.46. The molecule has 0 saturated heterocycles. The van der Waals surface area contributed by atoms with E-state index in [1.54, 1.807) is 7.11 Å². The summed E-state index contributed by atoms with van der Waals surface area (Å²) in [5.74, 6) is 1.24. The molecule has 2 bridgehead atoms. The van der Waals surface area contributed by atoms with Gasteiger partial charge in [-0.25, -0.2) is 0 Å². The molecule has 3 N–H and O–H groups in total. The lowest BCUT2D eigenvalue weighted by molar-refractivity contribution is -0.127. The fourth-order valence-electron chi connectivity index (χ4n) is 3.95. The Hall–Kier alpha value is -1.39. The molecule has 0 spiro atoms. The molecular weight excluding hydrogens is 264 g/mol. The molecule has 2 aliphatic rings. The van der Waals surface area contributed by atoms with Crippen LogP contribution in [-0.2, 0) is 22.7 Å². The normalized spacial score (nSPS) is 30.6. The van der Waals surface area contributed by atoms with E-state index in [1.165, 1.54) is 12.8 Å². The average molecular weight is 288 g/mol. The first-order chi connectivity index (χ1) is 10.2. The Morgan fingerprint density at radius 2 is 1.90 bits per heavy atom. The maximum atomic E-state index is 12.4. The first kappa shape index (κ1) is 14.5. The summed E-state index contributed by atoms with van der Waals surface area (Å²) in [5, 5.41) is 3.06. The van der Waals surface area contributed by atoms with Gasteiger partial charge in [-0.15, -0.1) is 0 Å². The predicted molar refractivity (Wildman–Crippen MR) is 81.3 cm³/mol. The molecule has 4 unspecified atom stereocenters. The third-order valence-corrected chi connectivity index (χ3v) is 5.08. The van der Waals surface area contributed by atoms with E-state index in [-0.39, 0.29) is 17.9 Å². The van der Waals surface area contributed by atoms with Gasteiger partial charge in [-0.05, 0) is 42.2 Å². The first-order valence-electron chi connectivity index (χ1n) is 7.79. The molecular formula is C17H24N2O2. The van der Waals surface area contributed by atoms with Crippen LogP contribution in [-0.4, -0.2) is 19.1 Å². The smallest absolute Gasteiger partial charge is 0.225 e. The van der Waals surface area contributed by atoms with Crippen LogP contribution >= 0.6 is 0 Å². The van der Waals surface area contributed by atoms with E-state index >= 15 is 0 Å². The number of hydrogen-bond acceptors (Lipinski definition) is 3. The summed E-state index contributed by atoms with van der Waals surface area (Å²) >= 11 is 0. The van der Waals surface area contributed by atoms with Crippen LogP contribution in [0.1, 0.15) is 30.4 Å². The highest BCUT2D eigenvalue weighted by Crippen LogP contribution is 2.47. The highest BCUT2D eigenvalue weighted by molar-refractivity contribution is 5.80. The van der Waals surface area contributed by atoms with Crippen LogP contribution in [0, 0.1) is 17.8 Å². The highest BCUT2D eigenvalue weighted by Gasteiger charge is 2.48. The molecule has 114 valence electrons. The summed E-state index contributed by atoms with van der Waals surface area (Å²) in [7, 11) is 1.69. The monoisotopic (exact) mass is 288 g/mol. The topological polar surface area (TPSA) is 64.3 Å². The molecule has 4 nitrogen and oxygen atoms in total. The minimum atomic E-state index is 0.0246. The zero-order valence-corrected chi connectivity index (χ0v) is 12.5. The number of benzene rings is 1. The number of rotatable bonds is 5. The second-order valence-corrected chi connectivity index (χ2v) is 6.40. The molecule has 4 atom stereocenters. The molecule has 1 aromatic carbocycles. The van der Waals surface area contributed by atoms with Gasteiger partial charge >= 0.3 is 0 Å². The van der Waals surface area contributed by atoms with E-state index in [9.17, 15) is 4.79 Å². The van der Waals surface area contributed by atoms with Gasteiger partial charge in [-0.2, -0.15) is 0 Å². The second kappa shape index (κ2) is 6.16. The molecule has 1 amide bonds. The number of ether oxygens (including phenoxy) is 1. The van der Waals surface area contributed by atoms with Gasteiger partial charge in [-0.1, -0.05) is 24.3 Å². The van der Waals surface area contributed by atoms with Crippen LogP contribution in [0.25, 0.3) is 0 Å².